The Hall–Kier alpha value is -3.82. The largest absolute Gasteiger partial charge is 0.343 e. The van der Waals surface area contributed by atoms with Gasteiger partial charge in [0, 0.05) is 28.0 Å². The number of nitrogens with zero attached hydrogens (tertiary/aromatic N) is 2. The van der Waals surface area contributed by atoms with E-state index in [2.05, 4.69) is 115 Å². The van der Waals surface area contributed by atoms with E-state index in [4.69, 9.17) is 4.98 Å². The summed E-state index contributed by atoms with van der Waals surface area (Å²) in [5.74, 6) is 0. The minimum atomic E-state index is 0.986. The number of hydrogen-bond donors (Lipinski definition) is 0. The van der Waals surface area contributed by atoms with Gasteiger partial charge in [0.25, 0.3) is 0 Å². The molecular weight excluding hydrogens is 420 g/mol. The van der Waals surface area contributed by atoms with Crippen molar-refractivity contribution in [1.82, 2.24) is 4.98 Å². The molecule has 0 unspecified atom stereocenters. The summed E-state index contributed by atoms with van der Waals surface area (Å²) < 4.78 is 0. The van der Waals surface area contributed by atoms with Crippen LogP contribution in [0.25, 0.3) is 33.6 Å². The number of aromatic nitrogens is 1. The van der Waals surface area contributed by atoms with Gasteiger partial charge in [0.15, 0.2) is 0 Å². The van der Waals surface area contributed by atoms with E-state index in [1.54, 1.807) is 0 Å². The number of rotatable bonds is 3. The molecule has 0 spiro atoms. The topological polar surface area (TPSA) is 16.1 Å². The average molecular weight is 443 g/mol. The summed E-state index contributed by atoms with van der Waals surface area (Å²) in [6, 6.07) is 40.6. The van der Waals surface area contributed by atoms with Crippen molar-refractivity contribution in [3.05, 3.63) is 115 Å². The molecule has 0 N–H and O–H groups in total. The third-order valence-electron chi connectivity index (χ3n) is 6.07. The van der Waals surface area contributed by atoms with E-state index in [0.29, 0.717) is 0 Å². The van der Waals surface area contributed by atoms with E-state index in [-0.39, 0.29) is 0 Å². The normalized spacial score (nSPS) is 12.2. The third kappa shape index (κ3) is 3.71. The molecular formula is C30H22N2S. The predicted molar refractivity (Wildman–Crippen MR) is 139 cm³/mol. The molecule has 0 saturated carbocycles. The fourth-order valence-electron chi connectivity index (χ4n) is 4.33. The van der Waals surface area contributed by atoms with Crippen LogP contribution < -0.4 is 4.90 Å². The molecule has 0 radical (unpaired) electrons. The molecule has 0 atom stereocenters. The summed E-state index contributed by atoms with van der Waals surface area (Å²) in [7, 11) is 2.14. The molecule has 158 valence electrons. The van der Waals surface area contributed by atoms with E-state index in [0.717, 1.165) is 22.5 Å². The molecule has 0 amide bonds. The standard InChI is InChI=1S/C30H22N2S/c1-32-27-14-8-9-15-29(27)33-30-20-23(16-17-28(30)32)24-18-25(21-10-4-2-5-11-21)31-26(19-24)22-12-6-3-7-13-22/h2-20H,1H3. The first-order valence-corrected chi connectivity index (χ1v) is 11.9. The molecule has 4 aromatic carbocycles. The average Bonchev–Trinajstić information content (AvgIpc) is 2.89. The molecule has 1 aromatic heterocycles. The Morgan fingerprint density at radius 1 is 0.515 bits per heavy atom. The Balaban J connectivity index is 1.49. The van der Waals surface area contributed by atoms with Crippen LogP contribution in [-0.4, -0.2) is 12.0 Å². The van der Waals surface area contributed by atoms with E-state index in [1.165, 1.54) is 32.3 Å². The fraction of sp³-hybridized carbons (Fsp3) is 0.0333. The van der Waals surface area contributed by atoms with Gasteiger partial charge in [-0.05, 0) is 47.5 Å². The summed E-state index contributed by atoms with van der Waals surface area (Å²) in [6.07, 6.45) is 0. The monoisotopic (exact) mass is 442 g/mol. The maximum atomic E-state index is 5.02. The van der Waals surface area contributed by atoms with Crippen LogP contribution in [0.4, 0.5) is 11.4 Å². The van der Waals surface area contributed by atoms with Crippen molar-refractivity contribution >= 4 is 23.1 Å². The Kier molecular flexibility index (Phi) is 4.97. The highest BCUT2D eigenvalue weighted by Crippen LogP contribution is 2.48. The van der Waals surface area contributed by atoms with Crippen LogP contribution in [0.2, 0.25) is 0 Å². The summed E-state index contributed by atoms with van der Waals surface area (Å²) in [5, 5.41) is 0. The number of anilines is 2. The Labute approximate surface area is 198 Å². The molecule has 33 heavy (non-hydrogen) atoms. The first-order valence-electron chi connectivity index (χ1n) is 11.0. The zero-order valence-corrected chi connectivity index (χ0v) is 19.1. The van der Waals surface area contributed by atoms with E-state index >= 15 is 0 Å². The van der Waals surface area contributed by atoms with Crippen LogP contribution in [-0.2, 0) is 0 Å². The van der Waals surface area contributed by atoms with Crippen molar-refractivity contribution < 1.29 is 0 Å². The highest BCUT2D eigenvalue weighted by atomic mass is 32.2. The first-order chi connectivity index (χ1) is 16.3. The highest BCUT2D eigenvalue weighted by molar-refractivity contribution is 7.99. The SMILES string of the molecule is CN1c2ccccc2Sc2cc(-c3cc(-c4ccccc4)nc(-c4ccccc4)c3)ccc21. The molecule has 1 aliphatic rings. The number of hydrogen-bond acceptors (Lipinski definition) is 3. The first kappa shape index (κ1) is 19.8. The molecule has 0 saturated heterocycles. The smallest absolute Gasteiger partial charge is 0.0715 e. The molecule has 2 nitrogen and oxygen atoms in total. The highest BCUT2D eigenvalue weighted by Gasteiger charge is 2.21. The lowest BCUT2D eigenvalue weighted by molar-refractivity contribution is 1.11. The summed E-state index contributed by atoms with van der Waals surface area (Å²) >= 11 is 1.84. The second-order valence-corrected chi connectivity index (χ2v) is 9.25. The van der Waals surface area contributed by atoms with Gasteiger partial charge >= 0.3 is 0 Å². The lowest BCUT2D eigenvalue weighted by atomic mass is 9.99. The van der Waals surface area contributed by atoms with Crippen LogP contribution in [0, 0.1) is 0 Å². The summed E-state index contributed by atoms with van der Waals surface area (Å²) in [4.78, 5) is 9.85. The molecule has 5 aromatic rings. The van der Waals surface area contributed by atoms with Gasteiger partial charge in [0.1, 0.15) is 0 Å². The Bertz CT molecular complexity index is 1390. The number of para-hydroxylation sites is 1. The zero-order valence-electron chi connectivity index (χ0n) is 18.3. The second-order valence-electron chi connectivity index (χ2n) is 8.17. The minimum Gasteiger partial charge on any atom is -0.343 e. The maximum Gasteiger partial charge on any atom is 0.0715 e. The van der Waals surface area contributed by atoms with Gasteiger partial charge in [-0.1, -0.05) is 90.6 Å². The van der Waals surface area contributed by atoms with Crippen molar-refractivity contribution in [2.45, 2.75) is 9.79 Å². The van der Waals surface area contributed by atoms with Crippen molar-refractivity contribution in [3.8, 4) is 33.6 Å². The van der Waals surface area contributed by atoms with E-state index in [1.807, 2.05) is 23.9 Å². The molecule has 1 aliphatic heterocycles. The molecule has 6 rings (SSSR count). The van der Waals surface area contributed by atoms with Crippen molar-refractivity contribution in [1.29, 1.82) is 0 Å². The second kappa shape index (κ2) is 8.27. The van der Waals surface area contributed by atoms with Gasteiger partial charge < -0.3 is 4.90 Å². The zero-order chi connectivity index (χ0) is 22.2. The number of fused-ring (bicyclic) bond motifs is 2. The fourth-order valence-corrected chi connectivity index (χ4v) is 5.52. The van der Waals surface area contributed by atoms with Gasteiger partial charge in [0.2, 0.25) is 0 Å². The van der Waals surface area contributed by atoms with Crippen LogP contribution in [0.5, 0.6) is 0 Å². The Morgan fingerprint density at radius 3 is 1.76 bits per heavy atom. The van der Waals surface area contributed by atoms with E-state index < -0.39 is 0 Å². The van der Waals surface area contributed by atoms with Crippen LogP contribution >= 0.6 is 11.8 Å². The molecule has 0 bridgehead atoms. The van der Waals surface area contributed by atoms with Gasteiger partial charge in [0.05, 0.1) is 22.8 Å². The van der Waals surface area contributed by atoms with E-state index in [9.17, 15) is 0 Å². The quantitative estimate of drug-likeness (QED) is 0.279. The van der Waals surface area contributed by atoms with Gasteiger partial charge in [-0.2, -0.15) is 0 Å². The van der Waals surface area contributed by atoms with Crippen LogP contribution in [0.3, 0.4) is 0 Å². The Morgan fingerprint density at radius 2 is 1.09 bits per heavy atom. The predicted octanol–water partition coefficient (Wildman–Crippen LogP) is 8.32. The molecule has 0 fully saturated rings. The lowest BCUT2D eigenvalue weighted by Gasteiger charge is -2.29. The molecule has 0 aliphatic carbocycles. The minimum absolute atomic E-state index is 0.986. The van der Waals surface area contributed by atoms with Gasteiger partial charge in [-0.3, -0.25) is 0 Å². The third-order valence-corrected chi connectivity index (χ3v) is 7.18. The van der Waals surface area contributed by atoms with Crippen LogP contribution in [0.15, 0.2) is 125 Å². The summed E-state index contributed by atoms with van der Waals surface area (Å²) in [6.45, 7) is 0. The number of benzene rings is 4. The number of pyridine rings is 1. The molecule has 2 heterocycles. The molecule has 3 heteroatoms. The van der Waals surface area contributed by atoms with Crippen LogP contribution in [0.1, 0.15) is 0 Å². The summed E-state index contributed by atoms with van der Waals surface area (Å²) in [5.41, 5.74) is 9.08. The van der Waals surface area contributed by atoms with Crippen molar-refractivity contribution in [3.63, 3.8) is 0 Å². The van der Waals surface area contributed by atoms with Gasteiger partial charge in [-0.25, -0.2) is 4.98 Å². The lowest BCUT2D eigenvalue weighted by Crippen LogP contribution is -2.14. The van der Waals surface area contributed by atoms with Gasteiger partial charge in [-0.15, -0.1) is 0 Å². The maximum absolute atomic E-state index is 5.02. The van der Waals surface area contributed by atoms with Crippen molar-refractivity contribution in [2.75, 3.05) is 11.9 Å². The van der Waals surface area contributed by atoms with Crippen molar-refractivity contribution in [2.24, 2.45) is 0 Å².